The molecule has 0 aromatic rings. The molecule has 1 fully saturated rings. The van der Waals surface area contributed by atoms with Crippen LogP contribution in [0.25, 0.3) is 0 Å². The number of rotatable bonds is 0. The molecule has 1 aliphatic rings. The van der Waals surface area contributed by atoms with Gasteiger partial charge in [0, 0.05) is 6.42 Å². The molecule has 3 heteroatoms. The van der Waals surface area contributed by atoms with E-state index >= 15 is 0 Å². The maximum atomic E-state index is 4.70. The van der Waals surface area contributed by atoms with Crippen molar-refractivity contribution < 1.29 is 4.84 Å². The molecule has 0 aliphatic carbocycles. The summed E-state index contributed by atoms with van der Waals surface area (Å²) < 4.78 is 0. The van der Waals surface area contributed by atoms with Crippen LogP contribution in [0.3, 0.4) is 0 Å². The lowest BCUT2D eigenvalue weighted by atomic mass is 10.5. The first-order chi connectivity index (χ1) is 2.89. The number of alkyl halides is 1. The molecule has 1 rings (SSSR count). The topological polar surface area (TPSA) is 21.3 Å². The monoisotopic (exact) mass is 150 g/mol. The quantitative estimate of drug-likeness (QED) is 0.400. The van der Waals surface area contributed by atoms with Gasteiger partial charge in [0.05, 0.1) is 11.6 Å². The lowest BCUT2D eigenvalue weighted by Crippen LogP contribution is -2.11. The molecular formula is C3H5BrNO. The highest BCUT2D eigenvalue weighted by Gasteiger charge is 2.09. The Morgan fingerprint density at radius 2 is 2.83 bits per heavy atom. The molecule has 1 N–H and O–H groups in total. The minimum absolute atomic E-state index is 0.262. The average molecular weight is 151 g/mol. The third-order valence-electron chi connectivity index (χ3n) is 0.582. The van der Waals surface area contributed by atoms with Crippen LogP contribution < -0.4 is 5.48 Å². The van der Waals surface area contributed by atoms with Crippen molar-refractivity contribution in [1.82, 2.24) is 5.48 Å². The molecule has 1 radical (unpaired) electrons. The first kappa shape index (κ1) is 4.56. The second-order valence-electron chi connectivity index (χ2n) is 1.07. The Morgan fingerprint density at radius 1 is 2.00 bits per heavy atom. The van der Waals surface area contributed by atoms with Gasteiger partial charge in [0.1, 0.15) is 0 Å². The average Bonchev–Trinajstić information content (AvgIpc) is 1.86. The third-order valence-corrected chi connectivity index (χ3v) is 1.14. The van der Waals surface area contributed by atoms with Crippen molar-refractivity contribution in [3.05, 3.63) is 6.42 Å². The third kappa shape index (κ3) is 0.929. The van der Waals surface area contributed by atoms with E-state index in [4.69, 9.17) is 4.84 Å². The van der Waals surface area contributed by atoms with Gasteiger partial charge in [-0.05, 0) is 0 Å². The number of hydrogen-bond donors (Lipinski definition) is 1. The fraction of sp³-hybridized carbons (Fsp3) is 0.667. The van der Waals surface area contributed by atoms with Crippen LogP contribution in [0.1, 0.15) is 0 Å². The molecular weight excluding hydrogens is 146 g/mol. The van der Waals surface area contributed by atoms with Gasteiger partial charge in [-0.3, -0.25) is 0 Å². The van der Waals surface area contributed by atoms with Gasteiger partial charge in [0.15, 0.2) is 0 Å². The zero-order chi connectivity index (χ0) is 4.41. The van der Waals surface area contributed by atoms with Gasteiger partial charge in [-0.25, -0.2) is 0 Å². The van der Waals surface area contributed by atoms with Crippen LogP contribution in [-0.4, -0.2) is 11.6 Å². The van der Waals surface area contributed by atoms with Crippen molar-refractivity contribution in [2.75, 3.05) is 6.61 Å². The Balaban J connectivity index is 2.18. The number of nitrogens with one attached hydrogen (secondary N) is 1. The standard InChI is InChI=1S/C3H5BrNO/c4-3-1-2-6-5-3/h1,3,5H,2H2. The maximum absolute atomic E-state index is 4.70. The zero-order valence-corrected chi connectivity index (χ0v) is 4.73. The Hall–Kier alpha value is 0.400. The number of hydroxylamine groups is 1. The van der Waals surface area contributed by atoms with E-state index in [9.17, 15) is 0 Å². The second kappa shape index (κ2) is 1.91. The lowest BCUT2D eigenvalue weighted by Gasteiger charge is -1.90. The first-order valence-electron chi connectivity index (χ1n) is 1.74. The summed E-state index contributed by atoms with van der Waals surface area (Å²) in [5.74, 6) is 0. The Labute approximate surface area is 44.9 Å². The summed E-state index contributed by atoms with van der Waals surface area (Å²) >= 11 is 3.25. The van der Waals surface area contributed by atoms with E-state index in [2.05, 4.69) is 21.4 Å². The molecule has 0 aromatic heterocycles. The van der Waals surface area contributed by atoms with Crippen molar-refractivity contribution in [1.29, 1.82) is 0 Å². The molecule has 1 heterocycles. The summed E-state index contributed by atoms with van der Waals surface area (Å²) in [5, 5.41) is 0. The molecule has 1 aliphatic heterocycles. The molecule has 0 amide bonds. The van der Waals surface area contributed by atoms with Gasteiger partial charge in [0.2, 0.25) is 0 Å². The van der Waals surface area contributed by atoms with Crippen LogP contribution in [0, 0.1) is 6.42 Å². The summed E-state index contributed by atoms with van der Waals surface area (Å²) in [5.41, 5.74) is 2.68. The van der Waals surface area contributed by atoms with Gasteiger partial charge in [-0.15, -0.1) is 0 Å². The van der Waals surface area contributed by atoms with Crippen molar-refractivity contribution >= 4 is 15.9 Å². The normalized spacial score (nSPS) is 34.5. The lowest BCUT2D eigenvalue weighted by molar-refractivity contribution is 0.102. The summed E-state index contributed by atoms with van der Waals surface area (Å²) in [6, 6.07) is 0. The van der Waals surface area contributed by atoms with E-state index < -0.39 is 0 Å². The summed E-state index contributed by atoms with van der Waals surface area (Å²) in [6.45, 7) is 0.704. The predicted molar refractivity (Wildman–Crippen MR) is 26.1 cm³/mol. The maximum Gasteiger partial charge on any atom is 0.0926 e. The molecule has 0 aromatic carbocycles. The highest BCUT2D eigenvalue weighted by Crippen LogP contribution is 2.04. The Morgan fingerprint density at radius 3 is 3.00 bits per heavy atom. The molecule has 0 saturated carbocycles. The predicted octanol–water partition coefficient (Wildman–Crippen LogP) is 0.446. The van der Waals surface area contributed by atoms with Crippen LogP contribution in [0.15, 0.2) is 0 Å². The van der Waals surface area contributed by atoms with Crippen LogP contribution >= 0.6 is 15.9 Å². The van der Waals surface area contributed by atoms with Crippen molar-refractivity contribution in [3.63, 3.8) is 0 Å². The summed E-state index contributed by atoms with van der Waals surface area (Å²) in [6.07, 6.45) is 1.99. The van der Waals surface area contributed by atoms with Gasteiger partial charge >= 0.3 is 0 Å². The molecule has 1 saturated heterocycles. The Kier molecular flexibility index (Phi) is 1.45. The summed E-state index contributed by atoms with van der Waals surface area (Å²) in [4.78, 5) is 4.97. The van der Waals surface area contributed by atoms with Crippen molar-refractivity contribution in [2.45, 2.75) is 4.95 Å². The van der Waals surface area contributed by atoms with Gasteiger partial charge in [0.25, 0.3) is 0 Å². The van der Waals surface area contributed by atoms with E-state index in [0.717, 1.165) is 0 Å². The molecule has 35 valence electrons. The molecule has 6 heavy (non-hydrogen) atoms. The SMILES string of the molecule is BrC1[CH]CON1. The molecule has 0 spiro atoms. The van der Waals surface area contributed by atoms with Crippen LogP contribution in [0.4, 0.5) is 0 Å². The fourth-order valence-electron chi connectivity index (χ4n) is 0.308. The van der Waals surface area contributed by atoms with Gasteiger partial charge in [-0.2, -0.15) is 5.48 Å². The van der Waals surface area contributed by atoms with Crippen LogP contribution in [-0.2, 0) is 4.84 Å². The Bertz CT molecular complexity index is 44.1. The second-order valence-corrected chi connectivity index (χ2v) is 2.05. The van der Waals surface area contributed by atoms with Gasteiger partial charge < -0.3 is 4.84 Å². The minimum atomic E-state index is 0.262. The van der Waals surface area contributed by atoms with E-state index in [1.54, 1.807) is 0 Å². The molecule has 1 unspecified atom stereocenters. The molecule has 1 atom stereocenters. The van der Waals surface area contributed by atoms with Crippen molar-refractivity contribution in [2.24, 2.45) is 0 Å². The van der Waals surface area contributed by atoms with E-state index in [1.165, 1.54) is 0 Å². The minimum Gasteiger partial charge on any atom is -0.300 e. The number of hydrogen-bond acceptors (Lipinski definition) is 2. The fourth-order valence-corrected chi connectivity index (χ4v) is 0.593. The van der Waals surface area contributed by atoms with E-state index in [-0.39, 0.29) is 4.95 Å². The highest BCUT2D eigenvalue weighted by molar-refractivity contribution is 9.09. The highest BCUT2D eigenvalue weighted by atomic mass is 79.9. The molecule has 0 bridgehead atoms. The first-order valence-corrected chi connectivity index (χ1v) is 2.66. The molecule has 2 nitrogen and oxygen atoms in total. The van der Waals surface area contributed by atoms with Crippen LogP contribution in [0.5, 0.6) is 0 Å². The summed E-state index contributed by atoms with van der Waals surface area (Å²) in [7, 11) is 0. The zero-order valence-electron chi connectivity index (χ0n) is 3.15. The largest absolute Gasteiger partial charge is 0.300 e. The van der Waals surface area contributed by atoms with Crippen LogP contribution in [0.2, 0.25) is 0 Å². The van der Waals surface area contributed by atoms with E-state index in [0.29, 0.717) is 6.61 Å². The smallest absolute Gasteiger partial charge is 0.0926 e. The van der Waals surface area contributed by atoms with Gasteiger partial charge in [-0.1, -0.05) is 15.9 Å². The van der Waals surface area contributed by atoms with Crippen molar-refractivity contribution in [3.8, 4) is 0 Å². The van der Waals surface area contributed by atoms with E-state index in [1.807, 2.05) is 6.42 Å². The number of halogens is 1.